The highest BCUT2D eigenvalue weighted by Gasteiger charge is 2.63. The first-order chi connectivity index (χ1) is 15.1. The molecule has 2 spiro atoms. The van der Waals surface area contributed by atoms with E-state index in [1.54, 1.807) is 0 Å². The van der Waals surface area contributed by atoms with Crippen molar-refractivity contribution in [2.75, 3.05) is 6.61 Å². The number of unbranched alkanes of at least 4 members (excludes halogenated alkanes) is 8. The average molecular weight is 450 g/mol. The van der Waals surface area contributed by atoms with Crippen LogP contribution >= 0.6 is 0 Å². The van der Waals surface area contributed by atoms with Gasteiger partial charge in [0.15, 0.2) is 5.78 Å². The Balaban J connectivity index is 1.48. The Morgan fingerprint density at radius 1 is 0.812 bits per heavy atom. The number of hydroxylamine groups is 2. The number of hydrogen-bond acceptors (Lipinski definition) is 4. The molecule has 0 aromatic carbocycles. The third kappa shape index (κ3) is 6.16. The highest BCUT2D eigenvalue weighted by atomic mass is 16.7. The molecule has 0 aromatic rings. The largest absolute Gasteiger partial charge is 0.360 e. The van der Waals surface area contributed by atoms with Gasteiger partial charge in [-0.25, -0.2) is 0 Å². The molecule has 4 heteroatoms. The number of Topliss-reactive ketones (excluding diaryl/α,β-unsaturated/α-hetero) is 1. The van der Waals surface area contributed by atoms with Crippen LogP contribution in [0.1, 0.15) is 144 Å². The summed E-state index contributed by atoms with van der Waals surface area (Å²) in [6.45, 7) is 12.0. The third-order valence-corrected chi connectivity index (χ3v) is 8.17. The van der Waals surface area contributed by atoms with E-state index in [1.165, 1.54) is 70.6 Å². The molecule has 0 radical (unpaired) electrons. The molecule has 0 N–H and O–H groups in total. The Morgan fingerprint density at radius 2 is 1.34 bits per heavy atom. The molecule has 3 fully saturated rings. The Morgan fingerprint density at radius 3 is 1.91 bits per heavy atom. The molecule has 0 atom stereocenters. The zero-order valence-electron chi connectivity index (χ0n) is 21.9. The van der Waals surface area contributed by atoms with Crippen LogP contribution in [-0.2, 0) is 14.4 Å². The van der Waals surface area contributed by atoms with Crippen molar-refractivity contribution in [3.8, 4) is 0 Å². The SMILES string of the molecule is CCCCCCCCCCCON1C(C)(C)CC2(CC1(C)C)OC1(CCCCC1)CC2=O. The highest BCUT2D eigenvalue weighted by Crippen LogP contribution is 2.54. The number of piperidine rings is 1. The molecule has 0 amide bonds. The Hall–Kier alpha value is -0.450. The fourth-order valence-corrected chi connectivity index (χ4v) is 7.05. The summed E-state index contributed by atoms with van der Waals surface area (Å²) in [7, 11) is 0. The Kier molecular flexibility index (Phi) is 8.88. The summed E-state index contributed by atoms with van der Waals surface area (Å²) >= 11 is 0. The van der Waals surface area contributed by atoms with E-state index in [4.69, 9.17) is 9.57 Å². The standard InChI is InChI=1S/C28H51NO3/c1-6-7-8-9-10-11-12-13-17-20-31-29-25(2,3)22-28(23-26(29,4)5)24(30)21-27(32-28)18-15-14-16-19-27/h6-23H2,1-5H3. The van der Waals surface area contributed by atoms with Gasteiger partial charge in [0.2, 0.25) is 0 Å². The lowest BCUT2D eigenvalue weighted by atomic mass is 9.70. The molecule has 1 aliphatic carbocycles. The molecular formula is C28H51NO3. The van der Waals surface area contributed by atoms with E-state index in [9.17, 15) is 4.79 Å². The van der Waals surface area contributed by atoms with Crippen molar-refractivity contribution in [1.29, 1.82) is 0 Å². The zero-order valence-corrected chi connectivity index (χ0v) is 21.9. The first-order valence-electron chi connectivity index (χ1n) is 13.8. The van der Waals surface area contributed by atoms with Crippen LogP contribution in [0.15, 0.2) is 0 Å². The quantitative estimate of drug-likeness (QED) is 0.305. The van der Waals surface area contributed by atoms with Gasteiger partial charge < -0.3 is 4.74 Å². The topological polar surface area (TPSA) is 38.8 Å². The maximum absolute atomic E-state index is 13.4. The average Bonchev–Trinajstić information content (AvgIpc) is 2.94. The van der Waals surface area contributed by atoms with Crippen molar-refractivity contribution < 1.29 is 14.4 Å². The molecule has 3 aliphatic rings. The number of carbonyl (C=O) groups is 1. The lowest BCUT2D eigenvalue weighted by Gasteiger charge is -2.56. The molecule has 0 aromatic heterocycles. The van der Waals surface area contributed by atoms with Gasteiger partial charge in [-0.05, 0) is 47.0 Å². The fourth-order valence-electron chi connectivity index (χ4n) is 7.05. The molecule has 0 unspecified atom stereocenters. The maximum atomic E-state index is 13.4. The van der Waals surface area contributed by atoms with Crippen molar-refractivity contribution in [1.82, 2.24) is 5.06 Å². The van der Waals surface area contributed by atoms with Gasteiger partial charge in [-0.3, -0.25) is 9.63 Å². The van der Waals surface area contributed by atoms with E-state index in [1.807, 2.05) is 0 Å². The second-order valence-corrected chi connectivity index (χ2v) is 12.4. The van der Waals surface area contributed by atoms with Crippen LogP contribution < -0.4 is 0 Å². The van der Waals surface area contributed by atoms with E-state index >= 15 is 0 Å². The van der Waals surface area contributed by atoms with Gasteiger partial charge in [-0.1, -0.05) is 77.6 Å². The molecule has 2 aliphatic heterocycles. The number of nitrogens with zero attached hydrogens (tertiary/aromatic N) is 1. The molecule has 2 heterocycles. The van der Waals surface area contributed by atoms with Crippen LogP contribution in [0, 0.1) is 0 Å². The highest BCUT2D eigenvalue weighted by molar-refractivity contribution is 5.90. The van der Waals surface area contributed by atoms with E-state index < -0.39 is 5.60 Å². The van der Waals surface area contributed by atoms with Crippen molar-refractivity contribution in [2.24, 2.45) is 0 Å². The summed E-state index contributed by atoms with van der Waals surface area (Å²) in [6, 6.07) is 0. The molecule has 3 rings (SSSR count). The van der Waals surface area contributed by atoms with E-state index in [0.29, 0.717) is 12.2 Å². The molecule has 186 valence electrons. The van der Waals surface area contributed by atoms with E-state index in [0.717, 1.165) is 38.7 Å². The van der Waals surface area contributed by atoms with Crippen molar-refractivity contribution in [3.05, 3.63) is 0 Å². The van der Waals surface area contributed by atoms with Crippen molar-refractivity contribution in [2.45, 2.75) is 166 Å². The monoisotopic (exact) mass is 449 g/mol. The smallest absolute Gasteiger partial charge is 0.167 e. The van der Waals surface area contributed by atoms with Gasteiger partial charge in [0.05, 0.1) is 12.2 Å². The van der Waals surface area contributed by atoms with Gasteiger partial charge in [-0.15, -0.1) is 0 Å². The van der Waals surface area contributed by atoms with Crippen LogP contribution in [0.3, 0.4) is 0 Å². The number of carbonyl (C=O) groups excluding carboxylic acids is 1. The first kappa shape index (κ1) is 26.2. The fraction of sp³-hybridized carbons (Fsp3) is 0.964. The molecule has 0 bridgehead atoms. The van der Waals surface area contributed by atoms with Gasteiger partial charge in [0, 0.05) is 30.3 Å². The number of ketones is 1. The zero-order chi connectivity index (χ0) is 23.3. The summed E-state index contributed by atoms with van der Waals surface area (Å²) in [4.78, 5) is 19.8. The van der Waals surface area contributed by atoms with Crippen LogP contribution in [0.25, 0.3) is 0 Å². The minimum atomic E-state index is -0.623. The van der Waals surface area contributed by atoms with Crippen LogP contribution in [0.5, 0.6) is 0 Å². The lowest BCUT2D eigenvalue weighted by molar-refractivity contribution is -0.309. The third-order valence-electron chi connectivity index (χ3n) is 8.17. The second-order valence-electron chi connectivity index (χ2n) is 12.4. The Labute approximate surface area is 198 Å². The van der Waals surface area contributed by atoms with E-state index in [2.05, 4.69) is 39.7 Å². The van der Waals surface area contributed by atoms with Crippen molar-refractivity contribution in [3.63, 3.8) is 0 Å². The second kappa shape index (κ2) is 10.9. The number of rotatable bonds is 11. The minimum Gasteiger partial charge on any atom is -0.360 e. The summed E-state index contributed by atoms with van der Waals surface area (Å²) < 4.78 is 6.82. The summed E-state index contributed by atoms with van der Waals surface area (Å²) in [6.07, 6.45) is 19.8. The summed E-state index contributed by atoms with van der Waals surface area (Å²) in [5.41, 5.74) is -1.25. The van der Waals surface area contributed by atoms with Gasteiger partial charge >= 0.3 is 0 Å². The van der Waals surface area contributed by atoms with Crippen LogP contribution in [0.2, 0.25) is 0 Å². The summed E-state index contributed by atoms with van der Waals surface area (Å²) in [5, 5.41) is 2.21. The van der Waals surface area contributed by atoms with Crippen LogP contribution in [-0.4, -0.2) is 39.7 Å². The lowest BCUT2D eigenvalue weighted by Crippen LogP contribution is -2.66. The van der Waals surface area contributed by atoms with Gasteiger partial charge in [0.1, 0.15) is 5.60 Å². The molecule has 1 saturated carbocycles. The van der Waals surface area contributed by atoms with Gasteiger partial charge in [0.25, 0.3) is 0 Å². The van der Waals surface area contributed by atoms with Crippen LogP contribution in [0.4, 0.5) is 0 Å². The number of hydrogen-bond donors (Lipinski definition) is 0. The predicted octanol–water partition coefficient (Wildman–Crippen LogP) is 7.53. The molecular weight excluding hydrogens is 398 g/mol. The Bertz CT molecular complexity index is 588. The van der Waals surface area contributed by atoms with Crippen molar-refractivity contribution >= 4 is 5.78 Å². The number of ether oxygens (including phenoxy) is 1. The summed E-state index contributed by atoms with van der Waals surface area (Å²) in [5.74, 6) is 0.346. The minimum absolute atomic E-state index is 0.180. The molecule has 4 nitrogen and oxygen atoms in total. The maximum Gasteiger partial charge on any atom is 0.167 e. The molecule has 2 saturated heterocycles. The van der Waals surface area contributed by atoms with E-state index in [-0.39, 0.29) is 16.7 Å². The first-order valence-corrected chi connectivity index (χ1v) is 13.8. The molecule has 32 heavy (non-hydrogen) atoms. The van der Waals surface area contributed by atoms with Gasteiger partial charge in [-0.2, -0.15) is 5.06 Å². The predicted molar refractivity (Wildman–Crippen MR) is 132 cm³/mol. The normalized spacial score (nSPS) is 26.2.